The van der Waals surface area contributed by atoms with E-state index < -0.39 is 0 Å². The predicted octanol–water partition coefficient (Wildman–Crippen LogP) is 4.61. The second-order valence-corrected chi connectivity index (χ2v) is 8.44. The molecule has 0 spiro atoms. The molecule has 3 rings (SSSR count). The number of aryl methyl sites for hydroxylation is 1. The molecule has 3 aromatic rings. The molecule has 0 N–H and O–H groups in total. The third-order valence-corrected chi connectivity index (χ3v) is 5.96. The fourth-order valence-electron chi connectivity index (χ4n) is 3.83. The molecule has 6 nitrogen and oxygen atoms in total. The monoisotopic (exact) mass is 461 g/mol. The zero-order valence-electron chi connectivity index (χ0n) is 20.4. The second-order valence-electron chi connectivity index (χ2n) is 8.44. The molecule has 2 amide bonds. The van der Waals surface area contributed by atoms with Crippen LogP contribution in [0, 0.1) is 0 Å². The Kier molecular flexibility index (Phi) is 9.47. The maximum absolute atomic E-state index is 13.3. The molecule has 0 fully saturated rings. The topological polar surface area (TPSA) is 54.8 Å². The average molecular weight is 462 g/mol. The van der Waals surface area contributed by atoms with Crippen LogP contribution < -0.4 is 0 Å². The van der Waals surface area contributed by atoms with Crippen LogP contribution in [0.5, 0.6) is 0 Å². The van der Waals surface area contributed by atoms with Gasteiger partial charge < -0.3 is 19.1 Å². The molecule has 1 aromatic heterocycles. The molecule has 0 saturated carbocycles. The van der Waals surface area contributed by atoms with Gasteiger partial charge in [-0.25, -0.2) is 0 Å². The fourth-order valence-corrected chi connectivity index (χ4v) is 3.83. The van der Waals surface area contributed by atoms with E-state index in [-0.39, 0.29) is 18.4 Å². The third kappa shape index (κ3) is 6.81. The number of hydrogen-bond acceptors (Lipinski definition) is 3. The van der Waals surface area contributed by atoms with E-state index in [1.54, 1.807) is 12.0 Å². The van der Waals surface area contributed by atoms with Crippen molar-refractivity contribution >= 4 is 11.8 Å². The van der Waals surface area contributed by atoms with Crippen molar-refractivity contribution in [3.63, 3.8) is 0 Å². The number of methoxy groups -OCH3 is 1. The van der Waals surface area contributed by atoms with Crippen LogP contribution in [0.4, 0.5) is 0 Å². The third-order valence-electron chi connectivity index (χ3n) is 5.96. The molecule has 0 saturated heterocycles. The van der Waals surface area contributed by atoms with Crippen LogP contribution in [0.15, 0.2) is 72.9 Å². The quantitative estimate of drug-likeness (QED) is 0.396. The molecule has 0 radical (unpaired) electrons. The van der Waals surface area contributed by atoms with Crippen LogP contribution in [-0.2, 0) is 23.1 Å². The number of carbonyl (C=O) groups excluding carboxylic acids is 2. The largest absolute Gasteiger partial charge is 0.383 e. The van der Waals surface area contributed by atoms with Crippen molar-refractivity contribution in [3.05, 3.63) is 84.2 Å². The van der Waals surface area contributed by atoms with Crippen LogP contribution >= 0.6 is 0 Å². The van der Waals surface area contributed by atoms with E-state index in [1.807, 2.05) is 89.4 Å². The predicted molar refractivity (Wildman–Crippen MR) is 135 cm³/mol. The standard InChI is InChI=1S/C28H35N3O3/c1-4-5-18-30(21-26-12-9-17-29(26)2)27(32)22-31(19-20-34-3)28(33)25-15-13-24(14-16-25)23-10-7-6-8-11-23/h6-17H,4-5,18-22H2,1-3H3. The maximum Gasteiger partial charge on any atom is 0.254 e. The summed E-state index contributed by atoms with van der Waals surface area (Å²) in [6.45, 7) is 4.05. The van der Waals surface area contributed by atoms with Gasteiger partial charge in [0, 0.05) is 44.7 Å². The summed E-state index contributed by atoms with van der Waals surface area (Å²) in [6.07, 6.45) is 3.89. The van der Waals surface area contributed by atoms with Gasteiger partial charge in [0.05, 0.1) is 13.2 Å². The Morgan fingerprint density at radius 2 is 1.59 bits per heavy atom. The number of amides is 2. The minimum Gasteiger partial charge on any atom is -0.383 e. The number of ether oxygens (including phenoxy) is 1. The number of unbranched alkanes of at least 4 members (excludes halogenated alkanes) is 1. The van der Waals surface area contributed by atoms with E-state index in [4.69, 9.17) is 4.74 Å². The van der Waals surface area contributed by atoms with Gasteiger partial charge in [0.1, 0.15) is 6.54 Å². The highest BCUT2D eigenvalue weighted by Gasteiger charge is 2.23. The molecule has 0 aliphatic heterocycles. The number of nitrogens with zero attached hydrogens (tertiary/aromatic N) is 3. The number of hydrogen-bond donors (Lipinski definition) is 0. The van der Waals surface area contributed by atoms with Gasteiger partial charge in [-0.15, -0.1) is 0 Å². The zero-order chi connectivity index (χ0) is 24.3. The lowest BCUT2D eigenvalue weighted by Gasteiger charge is -2.28. The van der Waals surface area contributed by atoms with E-state index in [0.29, 0.717) is 31.8 Å². The number of carbonyl (C=O) groups is 2. The minimum absolute atomic E-state index is 0.0246. The highest BCUT2D eigenvalue weighted by Crippen LogP contribution is 2.20. The Hall–Kier alpha value is -3.38. The van der Waals surface area contributed by atoms with Gasteiger partial charge in [0.25, 0.3) is 5.91 Å². The number of benzene rings is 2. The highest BCUT2D eigenvalue weighted by atomic mass is 16.5. The Morgan fingerprint density at radius 3 is 2.21 bits per heavy atom. The molecule has 34 heavy (non-hydrogen) atoms. The van der Waals surface area contributed by atoms with Crippen molar-refractivity contribution in [3.8, 4) is 11.1 Å². The molecule has 180 valence electrons. The molecule has 0 bridgehead atoms. The van der Waals surface area contributed by atoms with E-state index in [0.717, 1.165) is 29.7 Å². The Morgan fingerprint density at radius 1 is 0.882 bits per heavy atom. The Bertz CT molecular complexity index is 1040. The van der Waals surface area contributed by atoms with Crippen molar-refractivity contribution in [2.24, 2.45) is 7.05 Å². The lowest BCUT2D eigenvalue weighted by Crippen LogP contribution is -2.44. The van der Waals surface area contributed by atoms with Crippen LogP contribution in [-0.4, -0.2) is 59.5 Å². The van der Waals surface area contributed by atoms with Crippen molar-refractivity contribution < 1.29 is 14.3 Å². The first-order chi connectivity index (χ1) is 16.5. The van der Waals surface area contributed by atoms with E-state index >= 15 is 0 Å². The lowest BCUT2D eigenvalue weighted by atomic mass is 10.0. The van der Waals surface area contributed by atoms with Crippen molar-refractivity contribution in [2.45, 2.75) is 26.3 Å². The first kappa shape index (κ1) is 25.2. The molecule has 0 aliphatic carbocycles. The molecule has 0 aliphatic rings. The van der Waals surface area contributed by atoms with E-state index in [9.17, 15) is 9.59 Å². The van der Waals surface area contributed by atoms with Gasteiger partial charge in [0.15, 0.2) is 0 Å². The minimum atomic E-state index is -0.167. The van der Waals surface area contributed by atoms with E-state index in [1.165, 1.54) is 0 Å². The van der Waals surface area contributed by atoms with Gasteiger partial charge in [-0.1, -0.05) is 55.8 Å². The van der Waals surface area contributed by atoms with Crippen LogP contribution in [0.2, 0.25) is 0 Å². The summed E-state index contributed by atoms with van der Waals surface area (Å²) in [5.41, 5.74) is 3.77. The van der Waals surface area contributed by atoms with Crippen LogP contribution in [0.25, 0.3) is 11.1 Å². The first-order valence-corrected chi connectivity index (χ1v) is 11.8. The summed E-state index contributed by atoms with van der Waals surface area (Å²) in [5.74, 6) is -0.223. The molecule has 0 unspecified atom stereocenters. The summed E-state index contributed by atoms with van der Waals surface area (Å²) >= 11 is 0. The van der Waals surface area contributed by atoms with Gasteiger partial charge in [-0.05, 0) is 41.8 Å². The van der Waals surface area contributed by atoms with Gasteiger partial charge in [-0.3, -0.25) is 9.59 Å². The summed E-state index contributed by atoms with van der Waals surface area (Å²) in [5, 5.41) is 0. The van der Waals surface area contributed by atoms with Crippen LogP contribution in [0.3, 0.4) is 0 Å². The van der Waals surface area contributed by atoms with Crippen LogP contribution in [0.1, 0.15) is 35.8 Å². The first-order valence-electron chi connectivity index (χ1n) is 11.8. The summed E-state index contributed by atoms with van der Waals surface area (Å²) in [4.78, 5) is 30.1. The summed E-state index contributed by atoms with van der Waals surface area (Å²) < 4.78 is 7.24. The molecule has 1 heterocycles. The van der Waals surface area contributed by atoms with Gasteiger partial charge >= 0.3 is 0 Å². The average Bonchev–Trinajstić information content (AvgIpc) is 3.28. The molecule has 6 heteroatoms. The molecule has 2 aromatic carbocycles. The highest BCUT2D eigenvalue weighted by molar-refractivity contribution is 5.97. The molecular weight excluding hydrogens is 426 g/mol. The number of aromatic nitrogens is 1. The Balaban J connectivity index is 1.74. The van der Waals surface area contributed by atoms with Gasteiger partial charge in [-0.2, -0.15) is 0 Å². The second kappa shape index (κ2) is 12.8. The van der Waals surface area contributed by atoms with Crippen molar-refractivity contribution in [1.29, 1.82) is 0 Å². The van der Waals surface area contributed by atoms with E-state index in [2.05, 4.69) is 6.92 Å². The zero-order valence-corrected chi connectivity index (χ0v) is 20.4. The van der Waals surface area contributed by atoms with Crippen molar-refractivity contribution in [2.75, 3.05) is 33.4 Å². The Labute approximate surface area is 202 Å². The fraction of sp³-hybridized carbons (Fsp3) is 0.357. The van der Waals surface area contributed by atoms with Gasteiger partial charge in [0.2, 0.25) is 5.91 Å². The maximum atomic E-state index is 13.3. The lowest BCUT2D eigenvalue weighted by molar-refractivity contribution is -0.132. The number of rotatable bonds is 12. The normalized spacial score (nSPS) is 10.8. The molecule has 0 atom stereocenters. The molecular formula is C28H35N3O3. The smallest absolute Gasteiger partial charge is 0.254 e. The SMILES string of the molecule is CCCCN(Cc1cccn1C)C(=O)CN(CCOC)C(=O)c1ccc(-c2ccccc2)cc1. The summed E-state index contributed by atoms with van der Waals surface area (Å²) in [7, 11) is 3.58. The van der Waals surface area contributed by atoms with Crippen molar-refractivity contribution in [1.82, 2.24) is 14.4 Å². The summed E-state index contributed by atoms with van der Waals surface area (Å²) in [6, 6.07) is 21.6.